The molecule has 0 bridgehead atoms. The number of aromatic nitrogens is 3. The van der Waals surface area contributed by atoms with E-state index in [2.05, 4.69) is 15.6 Å². The van der Waals surface area contributed by atoms with Crippen LogP contribution in [0, 0.1) is 17.6 Å². The number of nitrogens with zero attached hydrogens (tertiary/aromatic N) is 4. The van der Waals surface area contributed by atoms with Crippen LogP contribution in [0.4, 0.5) is 14.5 Å². The summed E-state index contributed by atoms with van der Waals surface area (Å²) in [6.07, 6.45) is 4.17. The Kier molecular flexibility index (Phi) is 7.39. The molecular weight excluding hydrogens is 492 g/mol. The van der Waals surface area contributed by atoms with Crippen molar-refractivity contribution in [2.75, 3.05) is 11.9 Å². The van der Waals surface area contributed by atoms with E-state index in [0.29, 0.717) is 36.6 Å². The number of carbonyl (C=O) groups is 2. The van der Waals surface area contributed by atoms with Gasteiger partial charge in [0.05, 0.1) is 6.20 Å². The first kappa shape index (κ1) is 25.1. The van der Waals surface area contributed by atoms with Crippen LogP contribution in [0.15, 0.2) is 85.2 Å². The molecule has 0 aliphatic carbocycles. The molecule has 1 N–H and O–H groups in total. The zero-order chi connectivity index (χ0) is 26.5. The minimum atomic E-state index is -0.674. The fourth-order valence-corrected chi connectivity index (χ4v) is 4.57. The van der Waals surface area contributed by atoms with Crippen LogP contribution >= 0.6 is 0 Å². The van der Waals surface area contributed by atoms with Crippen molar-refractivity contribution < 1.29 is 23.1 Å². The van der Waals surface area contributed by atoms with Crippen LogP contribution in [0.25, 0.3) is 0 Å². The molecule has 1 fully saturated rings. The van der Waals surface area contributed by atoms with Gasteiger partial charge in [-0.2, -0.15) is 0 Å². The zero-order valence-electron chi connectivity index (χ0n) is 20.3. The Bertz CT molecular complexity index is 1380. The van der Waals surface area contributed by atoms with Gasteiger partial charge in [0.25, 0.3) is 0 Å². The molecule has 1 saturated heterocycles. The first-order valence-electron chi connectivity index (χ1n) is 12.2. The third-order valence-corrected chi connectivity index (χ3v) is 6.39. The van der Waals surface area contributed by atoms with E-state index in [4.69, 9.17) is 4.74 Å². The van der Waals surface area contributed by atoms with Gasteiger partial charge in [0.2, 0.25) is 11.8 Å². The van der Waals surface area contributed by atoms with E-state index in [1.54, 1.807) is 47.5 Å². The number of halogens is 2. The van der Waals surface area contributed by atoms with Crippen molar-refractivity contribution >= 4 is 17.5 Å². The molecule has 5 rings (SSSR count). The minimum absolute atomic E-state index is 0.0253. The fourth-order valence-electron chi connectivity index (χ4n) is 4.57. The molecule has 2 amide bonds. The minimum Gasteiger partial charge on any atom is -0.457 e. The number of carbonyl (C=O) groups excluding carboxylic acids is 2. The number of ether oxygens (including phenoxy) is 1. The molecule has 2 heterocycles. The molecule has 0 unspecified atom stereocenters. The summed E-state index contributed by atoms with van der Waals surface area (Å²) < 4.78 is 33.6. The van der Waals surface area contributed by atoms with E-state index in [9.17, 15) is 18.4 Å². The summed E-state index contributed by atoms with van der Waals surface area (Å²) >= 11 is 0. The predicted molar refractivity (Wildman–Crippen MR) is 135 cm³/mol. The Balaban J connectivity index is 1.26. The van der Waals surface area contributed by atoms with Crippen LogP contribution in [0.3, 0.4) is 0 Å². The molecule has 0 saturated carbocycles. The highest BCUT2D eigenvalue weighted by molar-refractivity contribution is 5.97. The molecule has 1 aromatic heterocycles. The second-order valence-electron chi connectivity index (χ2n) is 9.16. The lowest BCUT2D eigenvalue weighted by Gasteiger charge is -2.24. The normalized spacial score (nSPS) is 16.8. The maximum Gasteiger partial charge on any atom is 0.247 e. The summed E-state index contributed by atoms with van der Waals surface area (Å²) in [7, 11) is 0. The Hall–Kier alpha value is -4.60. The molecule has 10 heteroatoms. The average molecular weight is 518 g/mol. The molecule has 38 heavy (non-hydrogen) atoms. The molecule has 4 aromatic rings. The van der Waals surface area contributed by atoms with Gasteiger partial charge in [-0.1, -0.05) is 17.3 Å². The predicted octanol–water partition coefficient (Wildman–Crippen LogP) is 4.45. The average Bonchev–Trinajstić information content (AvgIpc) is 3.58. The highest BCUT2D eigenvalue weighted by Gasteiger charge is 2.39. The van der Waals surface area contributed by atoms with Crippen LogP contribution in [0.2, 0.25) is 0 Å². The number of likely N-dealkylation sites (tertiary alicyclic amines) is 1. The van der Waals surface area contributed by atoms with Crippen molar-refractivity contribution in [3.05, 3.63) is 102 Å². The van der Waals surface area contributed by atoms with E-state index >= 15 is 0 Å². The number of amides is 2. The van der Waals surface area contributed by atoms with Crippen molar-refractivity contribution in [3.8, 4) is 11.5 Å². The molecule has 2 atom stereocenters. The topological polar surface area (TPSA) is 89.4 Å². The molecule has 194 valence electrons. The number of rotatable bonds is 8. The molecule has 0 spiro atoms. The summed E-state index contributed by atoms with van der Waals surface area (Å²) in [6.45, 7) is 0.371. The molecule has 1 aliphatic rings. The monoisotopic (exact) mass is 517 g/mol. The number of nitrogens with one attached hydrogen (secondary N) is 1. The molecular formula is C28H25F2N5O3. The molecule has 0 radical (unpaired) electrons. The first-order chi connectivity index (χ1) is 18.4. The van der Waals surface area contributed by atoms with E-state index in [1.807, 2.05) is 0 Å². The van der Waals surface area contributed by atoms with Crippen LogP contribution in [-0.4, -0.2) is 44.3 Å². The fraction of sp³-hybridized carbons (Fsp3) is 0.214. The highest BCUT2D eigenvalue weighted by Crippen LogP contribution is 2.29. The SMILES string of the molecule is O=C(Nc1ccc(Oc2ccc(F)cc2)cc1)[C@H]1C[C@H](Cc2ccc(F)cc2)CN1C(=O)Cn1ccnn1. The molecule has 8 nitrogen and oxygen atoms in total. The van der Waals surface area contributed by atoms with Crippen LogP contribution < -0.4 is 10.1 Å². The lowest BCUT2D eigenvalue weighted by molar-refractivity contribution is -0.137. The summed E-state index contributed by atoms with van der Waals surface area (Å²) in [4.78, 5) is 28.0. The van der Waals surface area contributed by atoms with Crippen molar-refractivity contribution in [2.24, 2.45) is 5.92 Å². The van der Waals surface area contributed by atoms with Crippen LogP contribution in [-0.2, 0) is 22.6 Å². The van der Waals surface area contributed by atoms with Crippen molar-refractivity contribution in [2.45, 2.75) is 25.4 Å². The number of hydrogen-bond acceptors (Lipinski definition) is 5. The van der Waals surface area contributed by atoms with E-state index in [1.165, 1.54) is 47.3 Å². The molecule has 1 aliphatic heterocycles. The zero-order valence-corrected chi connectivity index (χ0v) is 20.3. The number of benzene rings is 3. The Morgan fingerprint density at radius 3 is 2.18 bits per heavy atom. The van der Waals surface area contributed by atoms with Crippen LogP contribution in [0.5, 0.6) is 11.5 Å². The maximum atomic E-state index is 13.3. The van der Waals surface area contributed by atoms with Crippen molar-refractivity contribution in [1.82, 2.24) is 19.9 Å². The van der Waals surface area contributed by atoms with Gasteiger partial charge in [0.1, 0.15) is 35.7 Å². The van der Waals surface area contributed by atoms with Gasteiger partial charge in [0.15, 0.2) is 0 Å². The second-order valence-corrected chi connectivity index (χ2v) is 9.16. The third kappa shape index (κ3) is 6.20. The lowest BCUT2D eigenvalue weighted by Crippen LogP contribution is -2.44. The maximum absolute atomic E-state index is 13.3. The quantitative estimate of drug-likeness (QED) is 0.373. The Morgan fingerprint density at radius 2 is 1.55 bits per heavy atom. The highest BCUT2D eigenvalue weighted by atomic mass is 19.1. The van der Waals surface area contributed by atoms with Gasteiger partial charge in [-0.3, -0.25) is 9.59 Å². The lowest BCUT2D eigenvalue weighted by atomic mass is 9.96. The van der Waals surface area contributed by atoms with Gasteiger partial charge in [-0.25, -0.2) is 13.5 Å². The van der Waals surface area contributed by atoms with Crippen molar-refractivity contribution in [3.63, 3.8) is 0 Å². The number of hydrogen-bond donors (Lipinski definition) is 1. The Morgan fingerprint density at radius 1 is 0.921 bits per heavy atom. The van der Waals surface area contributed by atoms with Gasteiger partial charge < -0.3 is 15.0 Å². The van der Waals surface area contributed by atoms with Gasteiger partial charge in [-0.05, 0) is 85.0 Å². The summed E-state index contributed by atoms with van der Waals surface area (Å²) in [5.74, 6) is -0.150. The van der Waals surface area contributed by atoms with Gasteiger partial charge in [0, 0.05) is 18.4 Å². The third-order valence-electron chi connectivity index (χ3n) is 6.39. The standard InChI is InChI=1S/C28H25F2N5O3/c29-21-3-1-19(2-4-21)15-20-16-26(35(17-20)27(36)18-34-14-13-31-33-34)28(37)32-23-7-11-25(12-8-23)38-24-9-5-22(30)6-10-24/h1-14,20,26H,15-18H2,(H,32,37)/t20-,26+/m0/s1. The number of anilines is 1. The first-order valence-corrected chi connectivity index (χ1v) is 12.2. The van der Waals surface area contributed by atoms with Crippen LogP contribution in [0.1, 0.15) is 12.0 Å². The summed E-state index contributed by atoms with van der Waals surface area (Å²) in [5.41, 5.74) is 1.49. The van der Waals surface area contributed by atoms with E-state index in [-0.39, 0.29) is 35.9 Å². The summed E-state index contributed by atoms with van der Waals surface area (Å²) in [5, 5.41) is 10.5. The van der Waals surface area contributed by atoms with Crippen molar-refractivity contribution in [1.29, 1.82) is 0 Å². The second kappa shape index (κ2) is 11.2. The Labute approximate surface area is 217 Å². The van der Waals surface area contributed by atoms with E-state index in [0.717, 1.165) is 5.56 Å². The molecule has 3 aromatic carbocycles. The largest absolute Gasteiger partial charge is 0.457 e. The summed E-state index contributed by atoms with van der Waals surface area (Å²) in [6, 6.07) is 18.0. The van der Waals surface area contributed by atoms with E-state index < -0.39 is 6.04 Å². The van der Waals surface area contributed by atoms with Gasteiger partial charge >= 0.3 is 0 Å². The smallest absolute Gasteiger partial charge is 0.247 e. The van der Waals surface area contributed by atoms with Gasteiger partial charge in [-0.15, -0.1) is 5.10 Å².